The molecule has 2 aromatic rings. The number of benzene rings is 1. The van der Waals surface area contributed by atoms with Crippen LogP contribution in [0.5, 0.6) is 0 Å². The van der Waals surface area contributed by atoms with E-state index in [0.717, 1.165) is 37.8 Å². The molecule has 3 aliphatic rings. The topological polar surface area (TPSA) is 80.3 Å². The van der Waals surface area contributed by atoms with E-state index in [2.05, 4.69) is 21.7 Å². The molecule has 1 aromatic heterocycles. The Labute approximate surface area is 220 Å². The molecule has 6 nitrogen and oxygen atoms in total. The van der Waals surface area contributed by atoms with Gasteiger partial charge in [0.2, 0.25) is 0 Å². The standard InChI is InChI=1S/C29H32F3N3O3/c1-16-26-24(23-10-9-22(35-28(37)33-2)13-19(23)14-25(26)27(36)38-16)11-8-21-7-6-18(15-34-21)17-4-3-5-20(12-17)29(30,31)32/h3-8,11-12,15-16,19,22-26H,9-10,13-14H2,1-2H3,(H2,33,35,37)/t16-,19+,22-,23-,24+,25-,26+/m1/s1. The number of alkyl halides is 3. The Morgan fingerprint density at radius 1 is 1.13 bits per heavy atom. The van der Waals surface area contributed by atoms with E-state index < -0.39 is 11.7 Å². The van der Waals surface area contributed by atoms with Crippen molar-refractivity contribution in [3.63, 3.8) is 0 Å². The molecule has 9 heteroatoms. The van der Waals surface area contributed by atoms with Crippen LogP contribution in [0.25, 0.3) is 17.2 Å². The van der Waals surface area contributed by atoms with Gasteiger partial charge in [-0.1, -0.05) is 24.3 Å². The first-order valence-corrected chi connectivity index (χ1v) is 13.1. The second-order valence-electron chi connectivity index (χ2n) is 10.7. The second kappa shape index (κ2) is 10.4. The summed E-state index contributed by atoms with van der Waals surface area (Å²) in [7, 11) is 1.60. The Morgan fingerprint density at radius 3 is 2.66 bits per heavy atom. The van der Waals surface area contributed by atoms with E-state index in [9.17, 15) is 22.8 Å². The zero-order chi connectivity index (χ0) is 27.0. The summed E-state index contributed by atoms with van der Waals surface area (Å²) in [5.74, 6) is 0.603. The number of halogens is 3. The summed E-state index contributed by atoms with van der Waals surface area (Å²) in [5.41, 5.74) is 1.07. The van der Waals surface area contributed by atoms with Crippen LogP contribution in [0, 0.1) is 29.6 Å². The number of nitrogens with zero attached hydrogens (tertiary/aromatic N) is 1. The van der Waals surface area contributed by atoms with E-state index in [-0.39, 0.29) is 41.9 Å². The molecule has 3 fully saturated rings. The number of pyridine rings is 1. The monoisotopic (exact) mass is 527 g/mol. The van der Waals surface area contributed by atoms with Crippen LogP contribution in [0.4, 0.5) is 18.0 Å². The van der Waals surface area contributed by atoms with E-state index in [1.807, 2.05) is 13.0 Å². The summed E-state index contributed by atoms with van der Waals surface area (Å²) in [6.45, 7) is 1.96. The minimum atomic E-state index is -4.40. The van der Waals surface area contributed by atoms with Gasteiger partial charge in [-0.2, -0.15) is 13.2 Å². The van der Waals surface area contributed by atoms with Crippen molar-refractivity contribution < 1.29 is 27.5 Å². The van der Waals surface area contributed by atoms with Gasteiger partial charge in [0.25, 0.3) is 0 Å². The first-order chi connectivity index (χ1) is 18.1. The van der Waals surface area contributed by atoms with Crippen molar-refractivity contribution in [3.05, 3.63) is 59.9 Å². The number of nitrogens with one attached hydrogen (secondary N) is 2. The van der Waals surface area contributed by atoms with Crippen LogP contribution in [0.2, 0.25) is 0 Å². The number of amides is 2. The number of carbonyl (C=O) groups is 2. The molecule has 0 radical (unpaired) electrons. The third-order valence-corrected chi connectivity index (χ3v) is 8.51. The van der Waals surface area contributed by atoms with Crippen LogP contribution in [-0.2, 0) is 15.7 Å². The van der Waals surface area contributed by atoms with Gasteiger partial charge in [-0.25, -0.2) is 4.79 Å². The van der Waals surface area contributed by atoms with Gasteiger partial charge in [0.1, 0.15) is 6.10 Å². The normalized spacial score (nSPS) is 30.9. The fourth-order valence-electron chi connectivity index (χ4n) is 6.76. The van der Waals surface area contributed by atoms with Gasteiger partial charge in [-0.15, -0.1) is 0 Å². The molecule has 1 aromatic carbocycles. The summed E-state index contributed by atoms with van der Waals surface area (Å²) in [6, 6.07) is 8.68. The Balaban J connectivity index is 1.35. The molecule has 2 N–H and O–H groups in total. The maximum atomic E-state index is 13.1. The highest BCUT2D eigenvalue weighted by Gasteiger charge is 2.54. The van der Waals surface area contributed by atoms with Crippen LogP contribution in [0.15, 0.2) is 48.7 Å². The number of rotatable bonds is 4. The van der Waals surface area contributed by atoms with E-state index >= 15 is 0 Å². The van der Waals surface area contributed by atoms with Crippen LogP contribution < -0.4 is 10.6 Å². The third-order valence-electron chi connectivity index (χ3n) is 8.51. The van der Waals surface area contributed by atoms with E-state index in [1.165, 1.54) is 6.07 Å². The molecule has 1 saturated heterocycles. The minimum Gasteiger partial charge on any atom is -0.462 e. The molecule has 2 amide bonds. The Bertz CT molecular complexity index is 1210. The molecule has 202 valence electrons. The molecular formula is C29H32F3N3O3. The summed E-state index contributed by atoms with van der Waals surface area (Å²) in [6.07, 6.45) is 4.54. The average molecular weight is 528 g/mol. The predicted octanol–water partition coefficient (Wildman–Crippen LogP) is 5.69. The molecular weight excluding hydrogens is 495 g/mol. The summed E-state index contributed by atoms with van der Waals surface area (Å²) in [5, 5.41) is 5.64. The lowest BCUT2D eigenvalue weighted by molar-refractivity contribution is -0.144. The van der Waals surface area contributed by atoms with Crippen LogP contribution in [-0.4, -0.2) is 36.2 Å². The maximum absolute atomic E-state index is 13.1. The number of urea groups is 1. The smallest absolute Gasteiger partial charge is 0.416 e. The number of aromatic nitrogens is 1. The van der Waals surface area contributed by atoms with Gasteiger partial charge < -0.3 is 15.4 Å². The van der Waals surface area contributed by atoms with Crippen molar-refractivity contribution in [1.82, 2.24) is 15.6 Å². The van der Waals surface area contributed by atoms with Crippen molar-refractivity contribution >= 4 is 18.1 Å². The van der Waals surface area contributed by atoms with Gasteiger partial charge in [0.15, 0.2) is 0 Å². The second-order valence-corrected chi connectivity index (χ2v) is 10.7. The molecule has 0 unspecified atom stereocenters. The van der Waals surface area contributed by atoms with Crippen molar-refractivity contribution in [2.75, 3.05) is 7.05 Å². The van der Waals surface area contributed by atoms with Gasteiger partial charge in [0.05, 0.1) is 17.2 Å². The average Bonchev–Trinajstić information content (AvgIpc) is 3.19. The van der Waals surface area contributed by atoms with Crippen LogP contribution in [0.3, 0.4) is 0 Å². The number of hydrogen-bond acceptors (Lipinski definition) is 4. The number of carbonyl (C=O) groups excluding carboxylic acids is 2. The first-order valence-electron chi connectivity index (χ1n) is 13.1. The van der Waals surface area contributed by atoms with Crippen molar-refractivity contribution in [2.45, 2.75) is 50.9 Å². The quantitative estimate of drug-likeness (QED) is 0.501. The maximum Gasteiger partial charge on any atom is 0.416 e. The third kappa shape index (κ3) is 5.28. The fourth-order valence-corrected chi connectivity index (χ4v) is 6.76. The molecule has 0 bridgehead atoms. The van der Waals surface area contributed by atoms with E-state index in [4.69, 9.17) is 4.74 Å². The van der Waals surface area contributed by atoms with Gasteiger partial charge in [-0.3, -0.25) is 9.78 Å². The highest BCUT2D eigenvalue weighted by atomic mass is 19.4. The Kier molecular flexibility index (Phi) is 7.20. The number of esters is 1. The van der Waals surface area contributed by atoms with Crippen LogP contribution >= 0.6 is 0 Å². The molecule has 2 aliphatic carbocycles. The zero-order valence-electron chi connectivity index (χ0n) is 21.4. The fraction of sp³-hybridized carbons (Fsp3) is 0.483. The number of fused-ring (bicyclic) bond motifs is 2. The molecule has 5 rings (SSSR count). The molecule has 38 heavy (non-hydrogen) atoms. The molecule has 0 spiro atoms. The zero-order valence-corrected chi connectivity index (χ0v) is 21.4. The number of cyclic esters (lactones) is 1. The summed E-state index contributed by atoms with van der Waals surface area (Å²) in [4.78, 5) is 29.0. The van der Waals surface area contributed by atoms with E-state index in [1.54, 1.807) is 31.4 Å². The summed E-state index contributed by atoms with van der Waals surface area (Å²) >= 11 is 0. The number of hydrogen-bond donors (Lipinski definition) is 2. The predicted molar refractivity (Wildman–Crippen MR) is 137 cm³/mol. The molecule has 7 atom stereocenters. The van der Waals surface area contributed by atoms with Crippen molar-refractivity contribution in [2.24, 2.45) is 29.6 Å². The molecule has 1 aliphatic heterocycles. The highest BCUT2D eigenvalue weighted by molar-refractivity contribution is 5.76. The lowest BCUT2D eigenvalue weighted by atomic mass is 9.57. The minimum absolute atomic E-state index is 0.0808. The van der Waals surface area contributed by atoms with Gasteiger partial charge in [-0.05, 0) is 80.2 Å². The first kappa shape index (κ1) is 26.3. The number of ether oxygens (including phenoxy) is 1. The highest BCUT2D eigenvalue weighted by Crippen LogP contribution is 2.53. The van der Waals surface area contributed by atoms with Crippen LogP contribution in [0.1, 0.15) is 43.9 Å². The molecule has 2 heterocycles. The Hall–Kier alpha value is -3.36. The molecule has 2 saturated carbocycles. The van der Waals surface area contributed by atoms with Crippen molar-refractivity contribution in [3.8, 4) is 11.1 Å². The largest absolute Gasteiger partial charge is 0.462 e. The lowest BCUT2D eigenvalue weighted by Gasteiger charge is -2.47. The lowest BCUT2D eigenvalue weighted by Crippen LogP contribution is -2.49. The van der Waals surface area contributed by atoms with E-state index in [0.29, 0.717) is 28.7 Å². The number of allylic oxidation sites excluding steroid dienone is 1. The van der Waals surface area contributed by atoms with Gasteiger partial charge in [0, 0.05) is 30.8 Å². The van der Waals surface area contributed by atoms with Gasteiger partial charge >= 0.3 is 18.2 Å². The SMILES string of the molecule is CNC(=O)N[C@@H]1CC[C@@H]2[C@@H](C1)C[C@H]1C(=O)O[C@H](C)[C@H]1[C@H]2C=Cc1ccc(-c2cccc(C(F)(F)F)c2)cn1. The van der Waals surface area contributed by atoms with Crippen molar-refractivity contribution in [1.29, 1.82) is 0 Å². The summed E-state index contributed by atoms with van der Waals surface area (Å²) < 4.78 is 45.0. The Morgan fingerprint density at radius 2 is 1.95 bits per heavy atom.